The number of ether oxygens (including phenoxy) is 4. The quantitative estimate of drug-likeness (QED) is 0.559. The number of nitrogens with one attached hydrogen (secondary N) is 2. The van der Waals surface area contributed by atoms with Gasteiger partial charge in [0.15, 0.2) is 28.0 Å². The highest BCUT2D eigenvalue weighted by atomic mass is 32.1. The molecular weight excluding hydrogens is 404 g/mol. The molecule has 2 rings (SSSR count). The highest BCUT2D eigenvalue weighted by Gasteiger charge is 2.10. The first-order valence-electron chi connectivity index (χ1n) is 9.50. The SMILES string of the molecule is COc1ccc(CCNC(=O)C(=S)NCCc2ccc(OC)c(OC)c2)cc1OC. The maximum atomic E-state index is 12.2. The monoisotopic (exact) mass is 432 g/mol. The van der Waals surface area contributed by atoms with Crippen molar-refractivity contribution in [3.05, 3.63) is 47.5 Å². The first kappa shape index (κ1) is 23.3. The summed E-state index contributed by atoms with van der Waals surface area (Å²) < 4.78 is 21.1. The van der Waals surface area contributed by atoms with Crippen molar-refractivity contribution in [2.24, 2.45) is 0 Å². The average Bonchev–Trinajstić information content (AvgIpc) is 2.78. The van der Waals surface area contributed by atoms with Gasteiger partial charge in [0.05, 0.1) is 28.4 Å². The molecule has 0 spiro atoms. The van der Waals surface area contributed by atoms with Gasteiger partial charge in [0, 0.05) is 13.1 Å². The van der Waals surface area contributed by atoms with Gasteiger partial charge in [-0.3, -0.25) is 4.79 Å². The van der Waals surface area contributed by atoms with Crippen LogP contribution in [0.3, 0.4) is 0 Å². The molecule has 0 radical (unpaired) electrons. The molecule has 1 amide bonds. The molecule has 0 aromatic heterocycles. The molecule has 7 nitrogen and oxygen atoms in total. The lowest BCUT2D eigenvalue weighted by atomic mass is 10.1. The van der Waals surface area contributed by atoms with Crippen LogP contribution < -0.4 is 29.6 Å². The maximum Gasteiger partial charge on any atom is 0.278 e. The third kappa shape index (κ3) is 6.52. The van der Waals surface area contributed by atoms with Gasteiger partial charge in [0.1, 0.15) is 0 Å². The summed E-state index contributed by atoms with van der Waals surface area (Å²) in [6.07, 6.45) is 1.35. The molecule has 30 heavy (non-hydrogen) atoms. The van der Waals surface area contributed by atoms with E-state index in [0.717, 1.165) is 11.1 Å². The van der Waals surface area contributed by atoms with Crippen molar-refractivity contribution in [3.63, 3.8) is 0 Å². The van der Waals surface area contributed by atoms with E-state index in [4.69, 9.17) is 31.2 Å². The van der Waals surface area contributed by atoms with Crippen molar-refractivity contribution in [3.8, 4) is 23.0 Å². The summed E-state index contributed by atoms with van der Waals surface area (Å²) in [6.45, 7) is 1.00. The molecule has 0 heterocycles. The zero-order valence-electron chi connectivity index (χ0n) is 17.7. The van der Waals surface area contributed by atoms with Gasteiger partial charge in [0.2, 0.25) is 0 Å². The fourth-order valence-corrected chi connectivity index (χ4v) is 3.05. The molecule has 2 N–H and O–H groups in total. The van der Waals surface area contributed by atoms with Crippen LogP contribution in [0.4, 0.5) is 0 Å². The van der Waals surface area contributed by atoms with E-state index in [0.29, 0.717) is 48.9 Å². The molecule has 2 aromatic carbocycles. The van der Waals surface area contributed by atoms with E-state index in [1.807, 2.05) is 36.4 Å². The van der Waals surface area contributed by atoms with Gasteiger partial charge in [-0.05, 0) is 48.2 Å². The second kappa shape index (κ2) is 11.9. The summed E-state index contributed by atoms with van der Waals surface area (Å²) >= 11 is 5.18. The topological polar surface area (TPSA) is 78.1 Å². The van der Waals surface area contributed by atoms with Crippen LogP contribution in [0.25, 0.3) is 0 Å². The van der Waals surface area contributed by atoms with Crippen LogP contribution in [0.5, 0.6) is 23.0 Å². The maximum absolute atomic E-state index is 12.2. The zero-order chi connectivity index (χ0) is 21.9. The third-order valence-corrected chi connectivity index (χ3v) is 4.83. The number of carbonyl (C=O) groups excluding carboxylic acids is 1. The number of hydrogen-bond donors (Lipinski definition) is 2. The molecule has 2 aromatic rings. The Balaban J connectivity index is 1.75. The van der Waals surface area contributed by atoms with Gasteiger partial charge < -0.3 is 29.6 Å². The van der Waals surface area contributed by atoms with E-state index in [1.54, 1.807) is 28.4 Å². The minimum Gasteiger partial charge on any atom is -0.493 e. The van der Waals surface area contributed by atoms with Crippen LogP contribution in [-0.2, 0) is 17.6 Å². The highest BCUT2D eigenvalue weighted by molar-refractivity contribution is 7.82. The van der Waals surface area contributed by atoms with Crippen molar-refractivity contribution in [2.45, 2.75) is 12.8 Å². The Kier molecular flexibility index (Phi) is 9.21. The molecule has 162 valence electrons. The lowest BCUT2D eigenvalue weighted by Gasteiger charge is -2.12. The fourth-order valence-electron chi connectivity index (χ4n) is 2.87. The number of hydrogen-bond acceptors (Lipinski definition) is 6. The Bertz CT molecular complexity index is 801. The lowest BCUT2D eigenvalue weighted by Crippen LogP contribution is -2.40. The van der Waals surface area contributed by atoms with Crippen molar-refractivity contribution in [2.75, 3.05) is 41.5 Å². The van der Waals surface area contributed by atoms with Crippen molar-refractivity contribution < 1.29 is 23.7 Å². The largest absolute Gasteiger partial charge is 0.493 e. The van der Waals surface area contributed by atoms with E-state index in [2.05, 4.69) is 10.6 Å². The molecule has 0 aliphatic carbocycles. The predicted octanol–water partition coefficient (Wildman–Crippen LogP) is 2.54. The second-order valence-corrected chi connectivity index (χ2v) is 6.80. The summed E-state index contributed by atoms with van der Waals surface area (Å²) in [5, 5.41) is 5.82. The van der Waals surface area contributed by atoms with Crippen LogP contribution in [-0.4, -0.2) is 52.4 Å². The van der Waals surface area contributed by atoms with Gasteiger partial charge in [0.25, 0.3) is 5.91 Å². The molecule has 0 saturated carbocycles. The Hall–Kier alpha value is -3.00. The normalized spacial score (nSPS) is 10.1. The smallest absolute Gasteiger partial charge is 0.278 e. The summed E-state index contributed by atoms with van der Waals surface area (Å²) in [5.74, 6) is 2.39. The Morgan fingerprint density at radius 1 is 0.733 bits per heavy atom. The number of benzene rings is 2. The van der Waals surface area contributed by atoms with E-state index < -0.39 is 0 Å². The van der Waals surface area contributed by atoms with Crippen molar-refractivity contribution in [1.82, 2.24) is 10.6 Å². The minimum atomic E-state index is -0.294. The molecule has 0 aliphatic heterocycles. The summed E-state index contributed by atoms with van der Waals surface area (Å²) in [4.78, 5) is 12.4. The lowest BCUT2D eigenvalue weighted by molar-refractivity contribution is -0.114. The Labute approximate surface area is 182 Å². The first-order chi connectivity index (χ1) is 14.5. The average molecular weight is 433 g/mol. The highest BCUT2D eigenvalue weighted by Crippen LogP contribution is 2.28. The molecule has 0 atom stereocenters. The van der Waals surface area contributed by atoms with Crippen LogP contribution in [0, 0.1) is 0 Å². The van der Waals surface area contributed by atoms with Crippen molar-refractivity contribution in [1.29, 1.82) is 0 Å². The number of carbonyl (C=O) groups is 1. The molecule has 0 fully saturated rings. The van der Waals surface area contributed by atoms with Crippen molar-refractivity contribution >= 4 is 23.1 Å². The Morgan fingerprint density at radius 3 is 1.60 bits per heavy atom. The molecule has 0 saturated heterocycles. The molecular formula is C22H28N2O5S. The molecule has 0 bridgehead atoms. The number of amides is 1. The first-order valence-corrected chi connectivity index (χ1v) is 9.91. The van der Waals surface area contributed by atoms with Gasteiger partial charge in [-0.1, -0.05) is 24.4 Å². The zero-order valence-corrected chi connectivity index (χ0v) is 18.6. The van der Waals surface area contributed by atoms with Crippen LogP contribution in [0.15, 0.2) is 36.4 Å². The van der Waals surface area contributed by atoms with E-state index in [-0.39, 0.29) is 10.9 Å². The van der Waals surface area contributed by atoms with E-state index >= 15 is 0 Å². The Morgan fingerprint density at radius 2 is 1.17 bits per heavy atom. The summed E-state index contributed by atoms with van der Waals surface area (Å²) in [5.41, 5.74) is 2.08. The fraction of sp³-hybridized carbons (Fsp3) is 0.364. The van der Waals surface area contributed by atoms with Gasteiger partial charge in [-0.2, -0.15) is 0 Å². The van der Waals surface area contributed by atoms with Crippen LogP contribution in [0.2, 0.25) is 0 Å². The third-order valence-electron chi connectivity index (χ3n) is 4.50. The van der Waals surface area contributed by atoms with E-state index in [1.165, 1.54) is 0 Å². The van der Waals surface area contributed by atoms with Crippen LogP contribution in [0.1, 0.15) is 11.1 Å². The number of methoxy groups -OCH3 is 4. The van der Waals surface area contributed by atoms with E-state index in [9.17, 15) is 4.79 Å². The molecule has 0 unspecified atom stereocenters. The summed E-state index contributed by atoms with van der Waals surface area (Å²) in [7, 11) is 6.38. The van der Waals surface area contributed by atoms with Gasteiger partial charge >= 0.3 is 0 Å². The molecule has 0 aliphatic rings. The number of rotatable bonds is 10. The minimum absolute atomic E-state index is 0.169. The number of thiocarbonyl (C=S) groups is 1. The summed E-state index contributed by atoms with van der Waals surface area (Å²) in [6, 6.07) is 11.4. The predicted molar refractivity (Wildman–Crippen MR) is 120 cm³/mol. The molecule has 8 heteroatoms. The van der Waals surface area contributed by atoms with Gasteiger partial charge in [-0.15, -0.1) is 0 Å². The van der Waals surface area contributed by atoms with Crippen LogP contribution >= 0.6 is 12.2 Å². The second-order valence-electron chi connectivity index (χ2n) is 6.39. The standard InChI is InChI=1S/C22H28N2O5S/c1-26-17-7-5-15(13-19(17)28-3)9-11-23-21(25)22(30)24-12-10-16-6-8-18(27-2)20(14-16)29-4/h5-8,13-14H,9-12H2,1-4H3,(H,23,25)(H,24,30). The van der Waals surface area contributed by atoms with Gasteiger partial charge in [-0.25, -0.2) is 0 Å².